The SMILES string of the molecule is Cc1c2c(cc3c4c(c(=O)oc13)CCC4)CN(c1cc(Cl)ccc1Cl)CO2. The summed E-state index contributed by atoms with van der Waals surface area (Å²) in [4.78, 5) is 14.4. The summed E-state index contributed by atoms with van der Waals surface area (Å²) in [6.45, 7) is 2.96. The van der Waals surface area contributed by atoms with Crippen LogP contribution in [0.3, 0.4) is 0 Å². The number of rotatable bonds is 1. The van der Waals surface area contributed by atoms with Gasteiger partial charge in [0.1, 0.15) is 11.3 Å². The van der Waals surface area contributed by atoms with Crippen molar-refractivity contribution in [3.63, 3.8) is 0 Å². The number of halogens is 2. The Hall–Kier alpha value is -2.17. The highest BCUT2D eigenvalue weighted by molar-refractivity contribution is 6.35. The smallest absolute Gasteiger partial charge is 0.339 e. The zero-order valence-corrected chi connectivity index (χ0v) is 16.3. The third kappa shape index (κ3) is 2.62. The van der Waals surface area contributed by atoms with Crippen LogP contribution < -0.4 is 15.3 Å². The van der Waals surface area contributed by atoms with Crippen LogP contribution in [0.2, 0.25) is 10.0 Å². The molecule has 1 aromatic heterocycles. The predicted molar refractivity (Wildman–Crippen MR) is 107 cm³/mol. The van der Waals surface area contributed by atoms with Gasteiger partial charge in [0, 0.05) is 33.6 Å². The zero-order valence-electron chi connectivity index (χ0n) is 14.8. The number of benzene rings is 2. The second-order valence-electron chi connectivity index (χ2n) is 7.13. The Kier molecular flexibility index (Phi) is 3.88. The number of nitrogens with zero attached hydrogens (tertiary/aromatic N) is 1. The van der Waals surface area contributed by atoms with Crippen molar-refractivity contribution in [1.82, 2.24) is 0 Å². The lowest BCUT2D eigenvalue weighted by Crippen LogP contribution is -2.32. The van der Waals surface area contributed by atoms with Crippen LogP contribution in [0.1, 0.15) is 28.7 Å². The van der Waals surface area contributed by atoms with E-state index in [4.69, 9.17) is 32.4 Å². The molecule has 138 valence electrons. The molecule has 5 rings (SSSR count). The quantitative estimate of drug-likeness (QED) is 0.522. The van der Waals surface area contributed by atoms with Crippen LogP contribution >= 0.6 is 23.2 Å². The summed E-state index contributed by atoms with van der Waals surface area (Å²) in [7, 11) is 0. The average molecular weight is 402 g/mol. The Morgan fingerprint density at radius 1 is 1.11 bits per heavy atom. The summed E-state index contributed by atoms with van der Waals surface area (Å²) in [5.41, 5.74) is 5.18. The lowest BCUT2D eigenvalue weighted by atomic mass is 9.99. The molecule has 0 atom stereocenters. The first-order valence-corrected chi connectivity index (χ1v) is 9.72. The van der Waals surface area contributed by atoms with Crippen LogP contribution in [0.25, 0.3) is 11.0 Å². The number of hydrogen-bond donors (Lipinski definition) is 0. The minimum Gasteiger partial charge on any atom is -0.472 e. The van der Waals surface area contributed by atoms with E-state index in [0.29, 0.717) is 28.9 Å². The highest BCUT2D eigenvalue weighted by Gasteiger charge is 2.27. The Morgan fingerprint density at radius 3 is 2.78 bits per heavy atom. The van der Waals surface area contributed by atoms with Gasteiger partial charge in [-0.3, -0.25) is 0 Å². The van der Waals surface area contributed by atoms with E-state index in [1.165, 1.54) is 0 Å². The second-order valence-corrected chi connectivity index (χ2v) is 7.98. The molecular weight excluding hydrogens is 385 g/mol. The molecule has 1 aliphatic carbocycles. The van der Waals surface area contributed by atoms with Crippen molar-refractivity contribution in [3.05, 3.63) is 67.0 Å². The van der Waals surface area contributed by atoms with Gasteiger partial charge in [-0.2, -0.15) is 0 Å². The maximum atomic E-state index is 12.3. The van der Waals surface area contributed by atoms with Gasteiger partial charge in [0.2, 0.25) is 0 Å². The molecule has 4 nitrogen and oxygen atoms in total. The van der Waals surface area contributed by atoms with Gasteiger partial charge in [-0.15, -0.1) is 0 Å². The molecule has 6 heteroatoms. The molecule has 0 unspecified atom stereocenters. The topological polar surface area (TPSA) is 42.7 Å². The van der Waals surface area contributed by atoms with Crippen molar-refractivity contribution < 1.29 is 9.15 Å². The predicted octanol–water partition coefficient (Wildman–Crippen LogP) is 5.25. The van der Waals surface area contributed by atoms with E-state index in [2.05, 4.69) is 11.0 Å². The van der Waals surface area contributed by atoms with Crippen molar-refractivity contribution in [2.75, 3.05) is 11.6 Å². The van der Waals surface area contributed by atoms with Crippen molar-refractivity contribution >= 4 is 39.9 Å². The third-order valence-corrected chi connectivity index (χ3v) is 6.05. The molecule has 2 aliphatic rings. The Labute approximate surface area is 166 Å². The summed E-state index contributed by atoms with van der Waals surface area (Å²) in [6, 6.07) is 7.52. The van der Waals surface area contributed by atoms with E-state index in [0.717, 1.165) is 58.3 Å². The zero-order chi connectivity index (χ0) is 18.7. The van der Waals surface area contributed by atoms with Gasteiger partial charge >= 0.3 is 5.63 Å². The fourth-order valence-corrected chi connectivity index (χ4v) is 4.63. The van der Waals surface area contributed by atoms with E-state index in [1.54, 1.807) is 12.1 Å². The highest BCUT2D eigenvalue weighted by Crippen LogP contribution is 2.40. The van der Waals surface area contributed by atoms with Gasteiger partial charge in [-0.05, 0) is 56.0 Å². The van der Waals surface area contributed by atoms with Crippen molar-refractivity contribution in [2.45, 2.75) is 32.7 Å². The maximum absolute atomic E-state index is 12.3. The monoisotopic (exact) mass is 401 g/mol. The molecular formula is C21H17Cl2NO3. The lowest BCUT2D eigenvalue weighted by molar-refractivity contribution is 0.287. The molecule has 0 radical (unpaired) electrons. The average Bonchev–Trinajstić information content (AvgIpc) is 3.15. The first-order chi connectivity index (χ1) is 13.0. The normalized spacial score (nSPS) is 15.6. The van der Waals surface area contributed by atoms with Gasteiger partial charge in [-0.25, -0.2) is 4.79 Å². The van der Waals surface area contributed by atoms with E-state index in [1.807, 2.05) is 13.0 Å². The molecule has 0 spiro atoms. The fourth-order valence-electron chi connectivity index (χ4n) is 4.22. The summed E-state index contributed by atoms with van der Waals surface area (Å²) in [5.74, 6) is 0.790. The van der Waals surface area contributed by atoms with Crippen molar-refractivity contribution in [1.29, 1.82) is 0 Å². The van der Waals surface area contributed by atoms with Gasteiger partial charge in [0.05, 0.1) is 10.7 Å². The minimum atomic E-state index is -0.207. The summed E-state index contributed by atoms with van der Waals surface area (Å²) in [6.07, 6.45) is 2.71. The number of ether oxygens (including phenoxy) is 1. The van der Waals surface area contributed by atoms with E-state index >= 15 is 0 Å². The van der Waals surface area contributed by atoms with Crippen molar-refractivity contribution in [3.8, 4) is 5.75 Å². The van der Waals surface area contributed by atoms with E-state index in [-0.39, 0.29) is 5.63 Å². The molecule has 0 N–H and O–H groups in total. The first kappa shape index (κ1) is 17.0. The fraction of sp³-hybridized carbons (Fsp3) is 0.286. The summed E-state index contributed by atoms with van der Waals surface area (Å²) in [5, 5.41) is 2.30. The maximum Gasteiger partial charge on any atom is 0.339 e. The van der Waals surface area contributed by atoms with Crippen LogP contribution in [0.4, 0.5) is 5.69 Å². The van der Waals surface area contributed by atoms with Crippen LogP contribution in [-0.4, -0.2) is 6.73 Å². The van der Waals surface area contributed by atoms with E-state index < -0.39 is 0 Å². The first-order valence-electron chi connectivity index (χ1n) is 8.97. The Morgan fingerprint density at radius 2 is 1.93 bits per heavy atom. The largest absolute Gasteiger partial charge is 0.472 e. The van der Waals surface area contributed by atoms with Gasteiger partial charge in [0.25, 0.3) is 0 Å². The number of aryl methyl sites for hydroxylation is 2. The molecule has 3 aromatic rings. The van der Waals surface area contributed by atoms with Gasteiger partial charge < -0.3 is 14.1 Å². The van der Waals surface area contributed by atoms with Gasteiger partial charge in [-0.1, -0.05) is 23.2 Å². The van der Waals surface area contributed by atoms with Crippen molar-refractivity contribution in [2.24, 2.45) is 0 Å². The molecule has 2 aromatic carbocycles. The molecule has 0 saturated heterocycles. The third-order valence-electron chi connectivity index (χ3n) is 5.49. The molecule has 0 fully saturated rings. The molecule has 0 saturated carbocycles. The van der Waals surface area contributed by atoms with Crippen LogP contribution in [0.15, 0.2) is 33.5 Å². The molecule has 0 bridgehead atoms. The summed E-state index contributed by atoms with van der Waals surface area (Å²) < 4.78 is 11.7. The molecule has 0 amide bonds. The standard InChI is InChI=1S/C21H17Cl2NO3/c1-11-19-12(7-16-14-3-2-4-15(14)21(25)27-20(11)16)9-24(10-26-19)18-8-13(22)5-6-17(18)23/h5-8H,2-4,9-10H2,1H3. The Bertz CT molecular complexity index is 1150. The van der Waals surface area contributed by atoms with Crippen LogP contribution in [0.5, 0.6) is 5.75 Å². The Balaban J connectivity index is 1.66. The lowest BCUT2D eigenvalue weighted by Gasteiger charge is -2.32. The molecule has 2 heterocycles. The van der Waals surface area contributed by atoms with E-state index in [9.17, 15) is 4.79 Å². The highest BCUT2D eigenvalue weighted by atomic mass is 35.5. The molecule has 27 heavy (non-hydrogen) atoms. The number of anilines is 1. The van der Waals surface area contributed by atoms with Gasteiger partial charge in [0.15, 0.2) is 6.73 Å². The summed E-state index contributed by atoms with van der Waals surface area (Å²) >= 11 is 12.5. The minimum absolute atomic E-state index is 0.207. The molecule has 1 aliphatic heterocycles. The number of fused-ring (bicyclic) bond motifs is 4. The number of hydrogen-bond acceptors (Lipinski definition) is 4. The van der Waals surface area contributed by atoms with Crippen LogP contribution in [-0.2, 0) is 19.4 Å². The second kappa shape index (κ2) is 6.18. The van der Waals surface area contributed by atoms with Crippen LogP contribution in [0, 0.1) is 6.92 Å².